The van der Waals surface area contributed by atoms with Crippen LogP contribution in [-0.2, 0) is 0 Å². The van der Waals surface area contributed by atoms with E-state index in [1.807, 2.05) is 24.3 Å². The number of fused-ring (bicyclic) bond motifs is 2. The Morgan fingerprint density at radius 2 is 1.12 bits per heavy atom. The molecule has 0 radical (unpaired) electrons. The molecular weight excluding hydrogens is 204 g/mol. The molecule has 0 nitrogen and oxygen atoms in total. The Balaban J connectivity index is 2.86. The van der Waals surface area contributed by atoms with Gasteiger partial charge in [-0.15, -0.1) is 5.73 Å². The molecule has 0 spiro atoms. The normalized spacial score (nSPS) is 10.6. The SMILES string of the molecule is C=C=c1c2ccccc2c(=C)c2ccccc12. The van der Waals surface area contributed by atoms with Crippen molar-refractivity contribution in [3.63, 3.8) is 0 Å². The Morgan fingerprint density at radius 3 is 1.53 bits per heavy atom. The first-order chi connectivity index (χ1) is 8.33. The van der Waals surface area contributed by atoms with Gasteiger partial charge in [0, 0.05) is 5.22 Å². The highest BCUT2D eigenvalue weighted by atomic mass is 14.0. The average molecular weight is 216 g/mol. The van der Waals surface area contributed by atoms with Crippen LogP contribution in [-0.4, -0.2) is 0 Å². The number of hydrogen-bond donors (Lipinski definition) is 0. The molecule has 0 aliphatic carbocycles. The monoisotopic (exact) mass is 216 g/mol. The second kappa shape index (κ2) is 3.62. The second-order valence-electron chi connectivity index (χ2n) is 4.12. The van der Waals surface area contributed by atoms with E-state index in [2.05, 4.69) is 43.2 Å². The summed E-state index contributed by atoms with van der Waals surface area (Å²) >= 11 is 0. The average Bonchev–Trinajstić information content (AvgIpc) is 2.40. The van der Waals surface area contributed by atoms with Gasteiger partial charge in [0.15, 0.2) is 0 Å². The number of rotatable bonds is 0. The van der Waals surface area contributed by atoms with Crippen LogP contribution in [0.2, 0.25) is 0 Å². The predicted molar refractivity (Wildman–Crippen MR) is 75.3 cm³/mol. The summed E-state index contributed by atoms with van der Waals surface area (Å²) in [6, 6.07) is 16.6. The zero-order chi connectivity index (χ0) is 11.8. The molecule has 0 aliphatic rings. The van der Waals surface area contributed by atoms with Crippen LogP contribution in [0.25, 0.3) is 33.9 Å². The van der Waals surface area contributed by atoms with Crippen LogP contribution in [0, 0.1) is 0 Å². The highest BCUT2D eigenvalue weighted by Gasteiger charge is 2.02. The van der Waals surface area contributed by atoms with E-state index in [-0.39, 0.29) is 0 Å². The Hall–Kier alpha value is -2.30. The first kappa shape index (κ1) is 9.89. The van der Waals surface area contributed by atoms with Crippen LogP contribution in [0.5, 0.6) is 0 Å². The fourth-order valence-corrected chi connectivity index (χ4v) is 2.41. The molecule has 0 saturated carbocycles. The Labute approximate surface area is 99.8 Å². The van der Waals surface area contributed by atoms with Crippen molar-refractivity contribution in [1.29, 1.82) is 0 Å². The minimum Gasteiger partial charge on any atom is -0.119 e. The van der Waals surface area contributed by atoms with Crippen LogP contribution < -0.4 is 10.4 Å². The van der Waals surface area contributed by atoms with Crippen molar-refractivity contribution in [2.45, 2.75) is 0 Å². The molecule has 0 heteroatoms. The number of benzene rings is 3. The van der Waals surface area contributed by atoms with Gasteiger partial charge >= 0.3 is 0 Å². The summed E-state index contributed by atoms with van der Waals surface area (Å²) in [6.07, 6.45) is 0. The summed E-state index contributed by atoms with van der Waals surface area (Å²) in [7, 11) is 0. The van der Waals surface area contributed by atoms with E-state index in [4.69, 9.17) is 0 Å². The van der Waals surface area contributed by atoms with E-state index < -0.39 is 0 Å². The maximum absolute atomic E-state index is 4.20. The van der Waals surface area contributed by atoms with E-state index in [0.29, 0.717) is 0 Å². The smallest absolute Gasteiger partial charge is 0.0315 e. The van der Waals surface area contributed by atoms with Crippen molar-refractivity contribution in [3.8, 4) is 0 Å². The molecular formula is C17H12. The fraction of sp³-hybridized carbons (Fsp3) is 0. The zero-order valence-electron chi connectivity index (χ0n) is 9.53. The van der Waals surface area contributed by atoms with E-state index >= 15 is 0 Å². The van der Waals surface area contributed by atoms with Gasteiger partial charge in [-0.25, -0.2) is 0 Å². The molecule has 80 valence electrons. The molecule has 3 rings (SSSR count). The Bertz CT molecular complexity index is 787. The summed E-state index contributed by atoms with van der Waals surface area (Å²) < 4.78 is 0. The van der Waals surface area contributed by atoms with Gasteiger partial charge in [0.2, 0.25) is 0 Å². The standard InChI is InChI=1S/C17H12/c1-3-13-16-10-6-4-8-14(16)12(2)15-9-5-7-11-17(13)15/h4-11H,1-2H2. The van der Waals surface area contributed by atoms with Gasteiger partial charge < -0.3 is 0 Å². The fourth-order valence-electron chi connectivity index (χ4n) is 2.41. The molecule has 0 unspecified atom stereocenters. The summed E-state index contributed by atoms with van der Waals surface area (Å²) in [6.45, 7) is 8.02. The van der Waals surface area contributed by atoms with Crippen LogP contribution in [0.3, 0.4) is 0 Å². The first-order valence-corrected chi connectivity index (χ1v) is 5.61. The second-order valence-corrected chi connectivity index (χ2v) is 4.12. The van der Waals surface area contributed by atoms with Gasteiger partial charge in [0.25, 0.3) is 0 Å². The van der Waals surface area contributed by atoms with Gasteiger partial charge in [-0.3, -0.25) is 0 Å². The van der Waals surface area contributed by atoms with Crippen LogP contribution in [0.1, 0.15) is 0 Å². The van der Waals surface area contributed by atoms with Gasteiger partial charge in [0.1, 0.15) is 0 Å². The molecule has 0 atom stereocenters. The molecule has 0 aromatic heterocycles. The molecule has 3 aromatic rings. The predicted octanol–water partition coefficient (Wildman–Crippen LogP) is 2.97. The molecule has 0 bridgehead atoms. The summed E-state index contributed by atoms with van der Waals surface area (Å²) in [5.74, 6) is 0. The van der Waals surface area contributed by atoms with Crippen molar-refractivity contribution in [2.75, 3.05) is 0 Å². The van der Waals surface area contributed by atoms with E-state index in [0.717, 1.165) is 10.4 Å². The van der Waals surface area contributed by atoms with Gasteiger partial charge in [-0.2, -0.15) is 0 Å². The van der Waals surface area contributed by atoms with Crippen LogP contribution in [0.4, 0.5) is 0 Å². The molecule has 0 N–H and O–H groups in total. The van der Waals surface area contributed by atoms with Crippen LogP contribution in [0.15, 0.2) is 55.1 Å². The van der Waals surface area contributed by atoms with E-state index in [1.54, 1.807) is 0 Å². The molecule has 17 heavy (non-hydrogen) atoms. The van der Waals surface area contributed by atoms with Crippen molar-refractivity contribution >= 4 is 33.9 Å². The quantitative estimate of drug-likeness (QED) is 0.507. The molecule has 0 saturated heterocycles. The third kappa shape index (κ3) is 1.32. The molecule has 3 aromatic carbocycles. The minimum absolute atomic E-state index is 1.07. The molecule has 0 fully saturated rings. The third-order valence-electron chi connectivity index (χ3n) is 3.22. The largest absolute Gasteiger partial charge is 0.119 e. The van der Waals surface area contributed by atoms with E-state index in [1.165, 1.54) is 21.5 Å². The zero-order valence-corrected chi connectivity index (χ0v) is 9.53. The summed E-state index contributed by atoms with van der Waals surface area (Å²) in [4.78, 5) is 0. The van der Waals surface area contributed by atoms with Crippen molar-refractivity contribution in [2.24, 2.45) is 0 Å². The van der Waals surface area contributed by atoms with Crippen molar-refractivity contribution in [1.82, 2.24) is 0 Å². The van der Waals surface area contributed by atoms with E-state index in [9.17, 15) is 0 Å². The van der Waals surface area contributed by atoms with Gasteiger partial charge in [-0.1, -0.05) is 61.7 Å². The van der Waals surface area contributed by atoms with Gasteiger partial charge in [-0.05, 0) is 26.8 Å². The maximum atomic E-state index is 4.20. The maximum Gasteiger partial charge on any atom is 0.0315 e. The Morgan fingerprint density at radius 1 is 0.706 bits per heavy atom. The molecule has 0 amide bonds. The molecule has 0 heterocycles. The summed E-state index contributed by atoms with van der Waals surface area (Å²) in [5, 5.41) is 6.85. The lowest BCUT2D eigenvalue weighted by Gasteiger charge is -2.04. The lowest BCUT2D eigenvalue weighted by atomic mass is 9.99. The van der Waals surface area contributed by atoms with Crippen molar-refractivity contribution in [3.05, 3.63) is 65.5 Å². The Kier molecular flexibility index (Phi) is 2.11. The highest BCUT2D eigenvalue weighted by Crippen LogP contribution is 2.12. The summed E-state index contributed by atoms with van der Waals surface area (Å²) in [5.41, 5.74) is 3.06. The third-order valence-corrected chi connectivity index (χ3v) is 3.22. The lowest BCUT2D eigenvalue weighted by molar-refractivity contribution is 1.69. The first-order valence-electron chi connectivity index (χ1n) is 5.61. The minimum atomic E-state index is 1.07. The topological polar surface area (TPSA) is 0 Å². The highest BCUT2D eigenvalue weighted by molar-refractivity contribution is 5.99. The van der Waals surface area contributed by atoms with Crippen molar-refractivity contribution < 1.29 is 0 Å². The van der Waals surface area contributed by atoms with Crippen LogP contribution >= 0.6 is 0 Å². The lowest BCUT2D eigenvalue weighted by Crippen LogP contribution is -2.12. The number of hydrogen-bond acceptors (Lipinski definition) is 0. The molecule has 0 aliphatic heterocycles. The van der Waals surface area contributed by atoms with Gasteiger partial charge in [0.05, 0.1) is 0 Å².